The van der Waals surface area contributed by atoms with Crippen molar-refractivity contribution in [2.45, 2.75) is 10.8 Å². The zero-order chi connectivity index (χ0) is 13.7. The first kappa shape index (κ1) is 15.1. The Balaban J connectivity index is 1.74. The number of hydrogen-bond acceptors (Lipinski definition) is 5. The number of alkyl halides is 1. The molecular formula is C11H10Br2N2O2S2. The summed E-state index contributed by atoms with van der Waals surface area (Å²) >= 11 is 13.3. The smallest absolute Gasteiger partial charge is 0.284 e. The van der Waals surface area contributed by atoms with Gasteiger partial charge in [-0.2, -0.15) is 0 Å². The molecule has 1 aromatic heterocycles. The van der Waals surface area contributed by atoms with E-state index in [1.54, 1.807) is 11.8 Å². The Bertz CT molecular complexity index is 571. The van der Waals surface area contributed by atoms with Gasteiger partial charge in [0.05, 0.1) is 5.75 Å². The summed E-state index contributed by atoms with van der Waals surface area (Å²) in [6.07, 6.45) is 0. The third-order valence-electron chi connectivity index (χ3n) is 2.03. The van der Waals surface area contributed by atoms with Gasteiger partial charge >= 0.3 is 0 Å². The fourth-order valence-electron chi connectivity index (χ4n) is 1.26. The van der Waals surface area contributed by atoms with Crippen LogP contribution in [0.1, 0.15) is 5.89 Å². The molecule has 0 aliphatic carbocycles. The Hall–Kier alpha value is -0.310. The molecule has 4 nitrogen and oxygen atoms in total. The number of nitrogens with one attached hydrogen (secondary N) is 1. The van der Waals surface area contributed by atoms with E-state index in [-0.39, 0.29) is 5.01 Å². The fourth-order valence-corrected chi connectivity index (χ4v) is 3.11. The van der Waals surface area contributed by atoms with Crippen molar-refractivity contribution in [2.75, 3.05) is 5.75 Å². The molecule has 1 N–H and O–H groups in total. The van der Waals surface area contributed by atoms with Gasteiger partial charge in [0, 0.05) is 10.2 Å². The van der Waals surface area contributed by atoms with Crippen LogP contribution in [-0.2, 0) is 5.75 Å². The minimum Gasteiger partial charge on any atom is -0.478 e. The molecule has 0 amide bonds. The second kappa shape index (κ2) is 7.47. The predicted molar refractivity (Wildman–Crippen MR) is 85.3 cm³/mol. The summed E-state index contributed by atoms with van der Waals surface area (Å²) < 4.78 is 11.9. The van der Waals surface area contributed by atoms with Gasteiger partial charge in [-0.25, -0.2) is 5.10 Å². The van der Waals surface area contributed by atoms with Gasteiger partial charge in [0.1, 0.15) is 5.75 Å². The highest BCUT2D eigenvalue weighted by Gasteiger charge is 2.08. The molecule has 8 heteroatoms. The van der Waals surface area contributed by atoms with E-state index in [4.69, 9.17) is 21.4 Å². The van der Waals surface area contributed by atoms with E-state index in [1.165, 1.54) is 0 Å². The lowest BCUT2D eigenvalue weighted by molar-refractivity contribution is 0.318. The molecule has 2 rings (SSSR count). The summed E-state index contributed by atoms with van der Waals surface area (Å²) in [5, 5.41) is 6.45. The predicted octanol–water partition coefficient (Wildman–Crippen LogP) is 4.53. The number of hydrogen-bond donors (Lipinski definition) is 1. The first-order valence-corrected chi connectivity index (χ1v) is 8.59. The van der Waals surface area contributed by atoms with Gasteiger partial charge in [0.15, 0.2) is 5.01 Å². The fraction of sp³-hybridized carbons (Fsp3) is 0.273. The van der Waals surface area contributed by atoms with E-state index in [0.29, 0.717) is 16.5 Å². The van der Waals surface area contributed by atoms with Gasteiger partial charge in [-0.05, 0) is 52.4 Å². The van der Waals surface area contributed by atoms with Crippen LogP contribution in [0.3, 0.4) is 0 Å². The average Bonchev–Trinajstić information content (AvgIpc) is 2.78. The van der Waals surface area contributed by atoms with Crippen LogP contribution in [0.4, 0.5) is 0 Å². The number of rotatable bonds is 6. The number of aromatic nitrogens is 2. The first-order valence-electron chi connectivity index (χ1n) is 5.32. The number of ether oxygens (including phenoxy) is 1. The number of aromatic amines is 1. The van der Waals surface area contributed by atoms with Crippen LogP contribution in [0.15, 0.2) is 33.2 Å². The van der Waals surface area contributed by atoms with Crippen LogP contribution in [0.2, 0.25) is 0 Å². The third kappa shape index (κ3) is 5.29. The van der Waals surface area contributed by atoms with Gasteiger partial charge in [-0.3, -0.25) is 0 Å². The lowest BCUT2D eigenvalue weighted by atomic mass is 10.3. The van der Waals surface area contributed by atoms with Crippen LogP contribution in [-0.4, -0.2) is 21.0 Å². The molecular weight excluding hydrogens is 416 g/mol. The third-order valence-corrected chi connectivity index (χ3v) is 4.67. The van der Waals surface area contributed by atoms with Crippen molar-refractivity contribution in [1.82, 2.24) is 10.2 Å². The van der Waals surface area contributed by atoms with Gasteiger partial charge in [-0.15, -0.1) is 16.9 Å². The summed E-state index contributed by atoms with van der Waals surface area (Å²) in [4.78, 5) is 0.303. The molecule has 0 radical (unpaired) electrons. The van der Waals surface area contributed by atoms with E-state index in [0.717, 1.165) is 16.0 Å². The summed E-state index contributed by atoms with van der Waals surface area (Å²) in [6.45, 7) is 0. The number of halogens is 2. The van der Waals surface area contributed by atoms with Gasteiger partial charge in [-0.1, -0.05) is 15.9 Å². The summed E-state index contributed by atoms with van der Waals surface area (Å²) in [5.74, 6) is 2.84. The molecule has 19 heavy (non-hydrogen) atoms. The molecule has 0 saturated heterocycles. The highest BCUT2D eigenvalue weighted by Crippen LogP contribution is 2.21. The molecule has 1 unspecified atom stereocenters. The molecule has 2 aromatic rings. The van der Waals surface area contributed by atoms with E-state index in [1.807, 2.05) is 24.3 Å². The zero-order valence-corrected chi connectivity index (χ0v) is 14.4. The molecule has 0 aliphatic heterocycles. The SMILES string of the molecule is S=c1[nH]nc(CSCC(Br)Oc2ccc(Br)cc2)o1. The molecule has 0 spiro atoms. The van der Waals surface area contributed by atoms with E-state index >= 15 is 0 Å². The zero-order valence-electron chi connectivity index (χ0n) is 9.64. The lowest BCUT2D eigenvalue weighted by Crippen LogP contribution is -2.11. The summed E-state index contributed by atoms with van der Waals surface area (Å²) in [5.41, 5.74) is 0. The summed E-state index contributed by atoms with van der Waals surface area (Å²) in [6, 6.07) is 7.71. The molecule has 1 aromatic carbocycles. The minimum atomic E-state index is -0.0689. The average molecular weight is 426 g/mol. The molecule has 0 saturated carbocycles. The second-order valence-electron chi connectivity index (χ2n) is 3.50. The molecule has 0 bridgehead atoms. The quantitative estimate of drug-likeness (QED) is 0.544. The van der Waals surface area contributed by atoms with Gasteiger partial charge in [0.2, 0.25) is 5.89 Å². The Kier molecular flexibility index (Phi) is 5.93. The number of H-pyrrole nitrogens is 1. The van der Waals surface area contributed by atoms with Crippen molar-refractivity contribution >= 4 is 55.8 Å². The number of benzene rings is 1. The van der Waals surface area contributed by atoms with Crippen molar-refractivity contribution < 1.29 is 9.15 Å². The van der Waals surface area contributed by atoms with Crippen LogP contribution in [0.25, 0.3) is 0 Å². The normalized spacial score (nSPS) is 12.3. The first-order chi connectivity index (χ1) is 9.13. The highest BCUT2D eigenvalue weighted by atomic mass is 79.9. The maximum Gasteiger partial charge on any atom is 0.284 e. The van der Waals surface area contributed by atoms with Crippen LogP contribution in [0.5, 0.6) is 5.75 Å². The minimum absolute atomic E-state index is 0.0689. The highest BCUT2D eigenvalue weighted by molar-refractivity contribution is 9.10. The Labute approximate surface area is 136 Å². The maximum atomic E-state index is 5.71. The molecule has 1 heterocycles. The van der Waals surface area contributed by atoms with Crippen LogP contribution >= 0.6 is 55.8 Å². The van der Waals surface area contributed by atoms with Gasteiger partial charge in [0.25, 0.3) is 4.84 Å². The molecule has 1 atom stereocenters. The Morgan fingerprint density at radius 3 is 2.79 bits per heavy atom. The monoisotopic (exact) mass is 424 g/mol. The molecule has 0 fully saturated rings. The second-order valence-corrected chi connectivity index (χ2v) is 6.84. The Morgan fingerprint density at radius 2 is 2.16 bits per heavy atom. The van der Waals surface area contributed by atoms with Crippen molar-refractivity contribution in [3.8, 4) is 5.75 Å². The van der Waals surface area contributed by atoms with Gasteiger partial charge < -0.3 is 9.15 Å². The van der Waals surface area contributed by atoms with Crippen molar-refractivity contribution in [3.05, 3.63) is 39.5 Å². The topological polar surface area (TPSA) is 51.0 Å². The van der Waals surface area contributed by atoms with Crippen molar-refractivity contribution in [3.63, 3.8) is 0 Å². The van der Waals surface area contributed by atoms with Crippen LogP contribution in [0, 0.1) is 4.84 Å². The largest absolute Gasteiger partial charge is 0.478 e. The lowest BCUT2D eigenvalue weighted by Gasteiger charge is -2.12. The Morgan fingerprint density at radius 1 is 1.42 bits per heavy atom. The van der Waals surface area contributed by atoms with Crippen molar-refractivity contribution in [2.24, 2.45) is 0 Å². The maximum absolute atomic E-state index is 5.71. The van der Waals surface area contributed by atoms with E-state index in [9.17, 15) is 0 Å². The number of nitrogens with zero attached hydrogens (tertiary/aromatic N) is 1. The van der Waals surface area contributed by atoms with E-state index < -0.39 is 0 Å². The molecule has 102 valence electrons. The van der Waals surface area contributed by atoms with E-state index in [2.05, 4.69) is 42.1 Å². The summed E-state index contributed by atoms with van der Waals surface area (Å²) in [7, 11) is 0. The standard InChI is InChI=1S/C11H10Br2N2O2S2/c12-7-1-3-8(4-2-7)16-9(13)5-19-6-10-14-15-11(18)17-10/h1-4,9H,5-6H2,(H,15,18). The van der Waals surface area contributed by atoms with Crippen LogP contribution < -0.4 is 4.74 Å². The van der Waals surface area contributed by atoms with Crippen molar-refractivity contribution in [1.29, 1.82) is 0 Å². The number of thioether (sulfide) groups is 1. The molecule has 0 aliphatic rings.